The number of fused-ring (bicyclic) bond motifs is 1. The molecular weight excluding hydrogens is 422 g/mol. The highest BCUT2D eigenvalue weighted by molar-refractivity contribution is 9.11. The lowest BCUT2D eigenvalue weighted by Gasteiger charge is -2.36. The Labute approximate surface area is 141 Å². The van der Waals surface area contributed by atoms with Crippen molar-refractivity contribution in [2.75, 3.05) is 31.9 Å². The van der Waals surface area contributed by atoms with Crippen molar-refractivity contribution in [2.24, 2.45) is 0 Å². The number of halogens is 2. The summed E-state index contributed by atoms with van der Waals surface area (Å²) < 4.78 is 28.5. The Hall–Kier alpha value is -0.150. The van der Waals surface area contributed by atoms with Crippen molar-refractivity contribution >= 4 is 47.6 Å². The van der Waals surface area contributed by atoms with E-state index in [-0.39, 0.29) is 4.90 Å². The maximum absolute atomic E-state index is 12.9. The molecule has 0 bridgehead atoms. The largest absolute Gasteiger partial charge is 0.399 e. The predicted molar refractivity (Wildman–Crippen MR) is 89.6 cm³/mol. The molecule has 1 aromatic carbocycles. The molecular formula is C13H17Br2N3O2S. The van der Waals surface area contributed by atoms with Crippen LogP contribution in [-0.2, 0) is 10.0 Å². The molecule has 0 aliphatic carbocycles. The summed E-state index contributed by atoms with van der Waals surface area (Å²) in [4.78, 5) is 2.65. The lowest BCUT2D eigenvalue weighted by atomic mass is 10.2. The Bertz CT molecular complexity index is 642. The molecule has 0 aromatic heterocycles. The van der Waals surface area contributed by atoms with Crippen molar-refractivity contribution in [2.45, 2.75) is 23.8 Å². The molecule has 2 heterocycles. The number of benzene rings is 1. The fourth-order valence-electron chi connectivity index (χ4n) is 3.14. The molecule has 21 heavy (non-hydrogen) atoms. The van der Waals surface area contributed by atoms with E-state index in [2.05, 4.69) is 36.8 Å². The second-order valence-electron chi connectivity index (χ2n) is 5.51. The van der Waals surface area contributed by atoms with Crippen molar-refractivity contribution in [1.82, 2.24) is 9.21 Å². The molecule has 5 nitrogen and oxygen atoms in total. The van der Waals surface area contributed by atoms with Crippen molar-refractivity contribution in [3.8, 4) is 0 Å². The van der Waals surface area contributed by atoms with Crippen molar-refractivity contribution in [1.29, 1.82) is 0 Å². The van der Waals surface area contributed by atoms with Gasteiger partial charge in [0.1, 0.15) is 4.90 Å². The molecule has 2 aliphatic rings. The first-order valence-electron chi connectivity index (χ1n) is 6.88. The standard InChI is InChI=1S/C13H17Br2N3O2S/c14-11-6-9(16)7-12(15)13(11)21(19,20)18-5-4-17-3-1-2-10(17)8-18/h6-7,10H,1-5,8,16H2. The van der Waals surface area contributed by atoms with Crippen molar-refractivity contribution < 1.29 is 8.42 Å². The number of hydrogen-bond donors (Lipinski definition) is 1. The molecule has 2 N–H and O–H groups in total. The van der Waals surface area contributed by atoms with E-state index in [0.29, 0.717) is 33.8 Å². The van der Waals surface area contributed by atoms with Gasteiger partial charge in [-0.05, 0) is 63.4 Å². The van der Waals surface area contributed by atoms with E-state index in [9.17, 15) is 8.42 Å². The van der Waals surface area contributed by atoms with E-state index in [1.165, 1.54) is 0 Å². The van der Waals surface area contributed by atoms with Crippen LogP contribution in [0.5, 0.6) is 0 Å². The van der Waals surface area contributed by atoms with Crippen LogP contribution in [0.1, 0.15) is 12.8 Å². The number of anilines is 1. The van der Waals surface area contributed by atoms with Crippen LogP contribution < -0.4 is 5.73 Å². The maximum Gasteiger partial charge on any atom is 0.245 e. The molecule has 0 amide bonds. The van der Waals surface area contributed by atoms with Gasteiger partial charge < -0.3 is 5.73 Å². The zero-order chi connectivity index (χ0) is 15.2. The highest BCUT2D eigenvalue weighted by atomic mass is 79.9. The Morgan fingerprint density at radius 3 is 2.48 bits per heavy atom. The molecule has 1 atom stereocenters. The predicted octanol–water partition coefficient (Wildman–Crippen LogP) is 2.26. The van der Waals surface area contributed by atoms with Gasteiger partial charge in [-0.25, -0.2) is 8.42 Å². The number of nitrogens with zero attached hydrogens (tertiary/aromatic N) is 2. The molecule has 1 aromatic rings. The third-order valence-corrected chi connectivity index (χ3v) is 7.91. The van der Waals surface area contributed by atoms with Gasteiger partial charge in [-0.1, -0.05) is 0 Å². The first-order chi connectivity index (χ1) is 9.89. The Morgan fingerprint density at radius 2 is 1.81 bits per heavy atom. The SMILES string of the molecule is Nc1cc(Br)c(S(=O)(=O)N2CCN3CCCC3C2)c(Br)c1. The maximum atomic E-state index is 12.9. The van der Waals surface area contributed by atoms with Crippen LogP contribution in [0.25, 0.3) is 0 Å². The monoisotopic (exact) mass is 437 g/mol. The Kier molecular flexibility index (Phi) is 4.35. The minimum Gasteiger partial charge on any atom is -0.399 e. The fourth-order valence-corrected chi connectivity index (χ4v) is 7.14. The molecule has 0 saturated carbocycles. The number of piperazine rings is 1. The summed E-state index contributed by atoms with van der Waals surface area (Å²) in [7, 11) is -3.52. The quantitative estimate of drug-likeness (QED) is 0.719. The fraction of sp³-hybridized carbons (Fsp3) is 0.538. The van der Waals surface area contributed by atoms with Crippen LogP contribution in [0.3, 0.4) is 0 Å². The molecule has 3 rings (SSSR count). The number of nitrogen functional groups attached to an aromatic ring is 1. The molecule has 0 spiro atoms. The first-order valence-corrected chi connectivity index (χ1v) is 9.91. The van der Waals surface area contributed by atoms with E-state index in [1.807, 2.05) is 0 Å². The van der Waals surface area contributed by atoms with Crippen LogP contribution >= 0.6 is 31.9 Å². The molecule has 2 saturated heterocycles. The number of nitrogens with two attached hydrogens (primary N) is 1. The van der Waals surface area contributed by atoms with Gasteiger partial charge in [0, 0.05) is 40.3 Å². The average molecular weight is 439 g/mol. The van der Waals surface area contributed by atoms with Crippen molar-refractivity contribution in [3.05, 3.63) is 21.1 Å². The molecule has 0 radical (unpaired) electrons. The second-order valence-corrected chi connectivity index (χ2v) is 9.09. The summed E-state index contributed by atoms with van der Waals surface area (Å²) in [6.45, 7) is 3.02. The normalized spacial score (nSPS) is 24.2. The van der Waals surface area contributed by atoms with E-state index < -0.39 is 10.0 Å². The minimum absolute atomic E-state index is 0.267. The molecule has 2 fully saturated rings. The number of hydrogen-bond acceptors (Lipinski definition) is 4. The van der Waals surface area contributed by atoms with Crippen LogP contribution in [0.4, 0.5) is 5.69 Å². The lowest BCUT2D eigenvalue weighted by Crippen LogP contribution is -2.52. The smallest absolute Gasteiger partial charge is 0.245 e. The number of rotatable bonds is 2. The average Bonchev–Trinajstić information content (AvgIpc) is 2.83. The third-order valence-electron chi connectivity index (χ3n) is 4.17. The third kappa shape index (κ3) is 2.88. The van der Waals surface area contributed by atoms with Gasteiger partial charge in [0.05, 0.1) is 0 Å². The van der Waals surface area contributed by atoms with E-state index >= 15 is 0 Å². The van der Waals surface area contributed by atoms with Gasteiger partial charge in [-0.2, -0.15) is 4.31 Å². The summed E-state index contributed by atoms with van der Waals surface area (Å²) in [5.41, 5.74) is 6.27. The van der Waals surface area contributed by atoms with Crippen LogP contribution in [0.15, 0.2) is 26.0 Å². The first kappa shape index (κ1) is 15.7. The van der Waals surface area contributed by atoms with Gasteiger partial charge in [0.25, 0.3) is 0 Å². The van der Waals surface area contributed by atoms with Crippen LogP contribution in [0, 0.1) is 0 Å². The zero-order valence-corrected chi connectivity index (χ0v) is 15.4. The zero-order valence-electron chi connectivity index (χ0n) is 11.4. The molecule has 8 heteroatoms. The van der Waals surface area contributed by atoms with E-state index in [0.717, 1.165) is 25.9 Å². The lowest BCUT2D eigenvalue weighted by molar-refractivity contribution is 0.158. The van der Waals surface area contributed by atoms with E-state index in [4.69, 9.17) is 5.73 Å². The molecule has 116 valence electrons. The van der Waals surface area contributed by atoms with Gasteiger partial charge in [-0.3, -0.25) is 4.90 Å². The minimum atomic E-state index is -3.52. The summed E-state index contributed by atoms with van der Waals surface area (Å²) in [6.07, 6.45) is 2.24. The Balaban J connectivity index is 1.94. The molecule has 1 unspecified atom stereocenters. The van der Waals surface area contributed by atoms with Gasteiger partial charge >= 0.3 is 0 Å². The van der Waals surface area contributed by atoms with Crippen LogP contribution in [0.2, 0.25) is 0 Å². The number of sulfonamides is 1. The Morgan fingerprint density at radius 1 is 1.14 bits per heavy atom. The van der Waals surface area contributed by atoms with E-state index in [1.54, 1.807) is 16.4 Å². The summed E-state index contributed by atoms with van der Waals surface area (Å²) in [5, 5.41) is 0. The second kappa shape index (κ2) is 5.81. The van der Waals surface area contributed by atoms with Crippen LogP contribution in [-0.4, -0.2) is 49.8 Å². The topological polar surface area (TPSA) is 66.6 Å². The molecule has 2 aliphatic heterocycles. The summed E-state index contributed by atoms with van der Waals surface area (Å²) >= 11 is 6.66. The summed E-state index contributed by atoms with van der Waals surface area (Å²) in [5.74, 6) is 0. The van der Waals surface area contributed by atoms with Gasteiger partial charge in [-0.15, -0.1) is 0 Å². The van der Waals surface area contributed by atoms with Crippen molar-refractivity contribution in [3.63, 3.8) is 0 Å². The van der Waals surface area contributed by atoms with Gasteiger partial charge in [0.15, 0.2) is 0 Å². The highest BCUT2D eigenvalue weighted by Gasteiger charge is 2.37. The highest BCUT2D eigenvalue weighted by Crippen LogP contribution is 2.35. The summed E-state index contributed by atoms with van der Waals surface area (Å²) in [6, 6.07) is 3.62. The van der Waals surface area contributed by atoms with Gasteiger partial charge in [0.2, 0.25) is 10.0 Å².